The molecule has 0 spiro atoms. The minimum absolute atomic E-state index is 0.356. The third-order valence-corrected chi connectivity index (χ3v) is 5.11. The average molecular weight is 458 g/mol. The summed E-state index contributed by atoms with van der Waals surface area (Å²) in [5, 5.41) is 13.8. The van der Waals surface area contributed by atoms with Gasteiger partial charge in [-0.1, -0.05) is 36.2 Å². The number of hydrogen-bond donors (Lipinski definition) is 1. The van der Waals surface area contributed by atoms with Crippen LogP contribution in [0.2, 0.25) is 10.0 Å². The van der Waals surface area contributed by atoms with Crippen LogP contribution in [0, 0.1) is 11.3 Å². The first-order chi connectivity index (χ1) is 15.0. The molecule has 1 N–H and O–H groups in total. The lowest BCUT2D eigenvalue weighted by Gasteiger charge is -2.17. The number of rotatable bonds is 8. The third kappa shape index (κ3) is 4.96. The molecule has 6 nitrogen and oxygen atoms in total. The van der Waals surface area contributed by atoms with Crippen LogP contribution in [0.5, 0.6) is 17.2 Å². The van der Waals surface area contributed by atoms with E-state index in [2.05, 4.69) is 16.4 Å². The maximum absolute atomic E-state index is 9.68. The Morgan fingerprint density at radius 2 is 1.77 bits per heavy atom. The van der Waals surface area contributed by atoms with Crippen molar-refractivity contribution in [3.63, 3.8) is 0 Å². The van der Waals surface area contributed by atoms with Gasteiger partial charge in [0.05, 0.1) is 47.8 Å². The Labute approximate surface area is 191 Å². The normalized spacial score (nSPS) is 10.3. The molecule has 1 heterocycles. The second-order valence-electron chi connectivity index (χ2n) is 6.53. The van der Waals surface area contributed by atoms with E-state index in [-0.39, 0.29) is 0 Å². The molecule has 31 heavy (non-hydrogen) atoms. The van der Waals surface area contributed by atoms with Crippen molar-refractivity contribution in [3.8, 4) is 34.4 Å². The largest absolute Gasteiger partial charge is 0.493 e. The Hall–Kier alpha value is -3.14. The van der Waals surface area contributed by atoms with Gasteiger partial charge < -0.3 is 19.5 Å². The molecule has 0 amide bonds. The van der Waals surface area contributed by atoms with E-state index in [9.17, 15) is 5.26 Å². The van der Waals surface area contributed by atoms with Crippen LogP contribution in [0.4, 0.5) is 11.4 Å². The molecule has 0 unspecified atom stereocenters. The zero-order chi connectivity index (χ0) is 22.4. The number of methoxy groups -OCH3 is 2. The van der Waals surface area contributed by atoms with Crippen molar-refractivity contribution in [1.82, 2.24) is 4.98 Å². The number of nitrogens with zero attached hydrogens (tertiary/aromatic N) is 2. The van der Waals surface area contributed by atoms with Crippen molar-refractivity contribution in [3.05, 3.63) is 58.3 Å². The number of nitriles is 1. The lowest BCUT2D eigenvalue weighted by molar-refractivity contribution is 0.318. The van der Waals surface area contributed by atoms with Gasteiger partial charge in [0.1, 0.15) is 11.8 Å². The number of nitrogens with one attached hydrogen (secondary N) is 1. The van der Waals surface area contributed by atoms with Gasteiger partial charge in [-0.15, -0.1) is 0 Å². The minimum atomic E-state index is 0.356. The molecule has 0 saturated heterocycles. The second-order valence-corrected chi connectivity index (χ2v) is 7.34. The number of pyridine rings is 1. The molecule has 0 aliphatic heterocycles. The number of benzene rings is 2. The van der Waals surface area contributed by atoms with Crippen LogP contribution in [0.3, 0.4) is 0 Å². The highest BCUT2D eigenvalue weighted by Crippen LogP contribution is 2.40. The SMILES string of the molecule is CCCOc1cc(Nc2c(C#N)cncc2-c2ccc(OC)c(OC)c2)c(Cl)cc1Cl. The summed E-state index contributed by atoms with van der Waals surface area (Å²) >= 11 is 12.7. The van der Waals surface area contributed by atoms with E-state index in [1.807, 2.05) is 19.1 Å². The summed E-state index contributed by atoms with van der Waals surface area (Å²) in [6, 6.07) is 11.0. The van der Waals surface area contributed by atoms with Gasteiger partial charge in [0.25, 0.3) is 0 Å². The molecule has 0 radical (unpaired) electrons. The molecule has 0 atom stereocenters. The summed E-state index contributed by atoms with van der Waals surface area (Å²) in [5.41, 5.74) is 2.95. The van der Waals surface area contributed by atoms with Gasteiger partial charge in [0, 0.05) is 24.0 Å². The zero-order valence-electron chi connectivity index (χ0n) is 17.3. The second kappa shape index (κ2) is 10.3. The van der Waals surface area contributed by atoms with Crippen LogP contribution in [0.25, 0.3) is 11.1 Å². The third-order valence-electron chi connectivity index (χ3n) is 4.50. The van der Waals surface area contributed by atoms with E-state index in [0.29, 0.717) is 56.4 Å². The van der Waals surface area contributed by atoms with E-state index in [1.54, 1.807) is 38.6 Å². The van der Waals surface area contributed by atoms with E-state index in [0.717, 1.165) is 12.0 Å². The average Bonchev–Trinajstić information content (AvgIpc) is 2.79. The van der Waals surface area contributed by atoms with Gasteiger partial charge in [-0.2, -0.15) is 5.26 Å². The molecule has 2 aromatic carbocycles. The van der Waals surface area contributed by atoms with Gasteiger partial charge in [-0.25, -0.2) is 0 Å². The van der Waals surface area contributed by atoms with Crippen molar-refractivity contribution in [2.24, 2.45) is 0 Å². The Balaban J connectivity index is 2.10. The monoisotopic (exact) mass is 457 g/mol. The zero-order valence-corrected chi connectivity index (χ0v) is 18.8. The van der Waals surface area contributed by atoms with Crippen molar-refractivity contribution in [2.75, 3.05) is 26.1 Å². The van der Waals surface area contributed by atoms with Crippen LogP contribution in [-0.2, 0) is 0 Å². The van der Waals surface area contributed by atoms with Crippen molar-refractivity contribution in [1.29, 1.82) is 5.26 Å². The molecule has 0 saturated carbocycles. The first-order valence-corrected chi connectivity index (χ1v) is 10.3. The highest BCUT2D eigenvalue weighted by Gasteiger charge is 2.16. The fraction of sp³-hybridized carbons (Fsp3) is 0.217. The number of hydrogen-bond acceptors (Lipinski definition) is 6. The standard InChI is InChI=1S/C23H21Cl2N3O3/c1-4-7-31-21-10-19(17(24)9-18(21)25)28-23-15(11-26)12-27-13-16(23)14-5-6-20(29-2)22(8-14)30-3/h5-6,8-10,12-13H,4,7H2,1-3H3,(H,27,28). The van der Waals surface area contributed by atoms with Crippen molar-refractivity contribution < 1.29 is 14.2 Å². The minimum Gasteiger partial charge on any atom is -0.493 e. The smallest absolute Gasteiger partial charge is 0.161 e. The topological polar surface area (TPSA) is 76.4 Å². The number of aromatic nitrogens is 1. The summed E-state index contributed by atoms with van der Waals surface area (Å²) in [4.78, 5) is 4.21. The Kier molecular flexibility index (Phi) is 7.45. The van der Waals surface area contributed by atoms with Crippen LogP contribution in [-0.4, -0.2) is 25.8 Å². The van der Waals surface area contributed by atoms with Gasteiger partial charge in [0.2, 0.25) is 0 Å². The summed E-state index contributed by atoms with van der Waals surface area (Å²) < 4.78 is 16.4. The fourth-order valence-corrected chi connectivity index (χ4v) is 3.47. The maximum atomic E-state index is 9.68. The molecule has 160 valence electrons. The van der Waals surface area contributed by atoms with E-state index >= 15 is 0 Å². The van der Waals surface area contributed by atoms with Gasteiger partial charge in [-0.05, 0) is 30.2 Å². The molecule has 0 fully saturated rings. The van der Waals surface area contributed by atoms with E-state index in [4.69, 9.17) is 37.4 Å². The first-order valence-electron chi connectivity index (χ1n) is 9.51. The van der Waals surface area contributed by atoms with Crippen LogP contribution >= 0.6 is 23.2 Å². The number of anilines is 2. The first kappa shape index (κ1) is 22.5. The molecule has 0 aliphatic rings. The quantitative estimate of drug-likeness (QED) is 0.417. The summed E-state index contributed by atoms with van der Waals surface area (Å²) in [7, 11) is 3.14. The Morgan fingerprint density at radius 3 is 2.45 bits per heavy atom. The maximum Gasteiger partial charge on any atom is 0.161 e. The molecule has 0 aliphatic carbocycles. The highest BCUT2D eigenvalue weighted by atomic mass is 35.5. The lowest BCUT2D eigenvalue weighted by atomic mass is 10.0. The molecule has 1 aromatic heterocycles. The lowest BCUT2D eigenvalue weighted by Crippen LogP contribution is -2.01. The molecule has 8 heteroatoms. The Bertz CT molecular complexity index is 1130. The van der Waals surface area contributed by atoms with Crippen molar-refractivity contribution >= 4 is 34.6 Å². The van der Waals surface area contributed by atoms with E-state index < -0.39 is 0 Å². The predicted molar refractivity (Wildman–Crippen MR) is 123 cm³/mol. The number of halogens is 2. The molecular weight excluding hydrogens is 437 g/mol. The fourth-order valence-electron chi connectivity index (χ4n) is 2.98. The van der Waals surface area contributed by atoms with Crippen LogP contribution < -0.4 is 19.5 Å². The molecule has 3 aromatic rings. The Morgan fingerprint density at radius 1 is 1.00 bits per heavy atom. The van der Waals surface area contributed by atoms with Gasteiger partial charge in [-0.3, -0.25) is 4.98 Å². The highest BCUT2D eigenvalue weighted by molar-refractivity contribution is 6.37. The van der Waals surface area contributed by atoms with Gasteiger partial charge >= 0.3 is 0 Å². The van der Waals surface area contributed by atoms with E-state index in [1.165, 1.54) is 6.20 Å². The number of ether oxygens (including phenoxy) is 3. The van der Waals surface area contributed by atoms with Crippen LogP contribution in [0.15, 0.2) is 42.7 Å². The molecule has 0 bridgehead atoms. The summed E-state index contributed by atoms with van der Waals surface area (Å²) in [6.07, 6.45) is 4.00. The molecular formula is C23H21Cl2N3O3. The summed E-state index contributed by atoms with van der Waals surface area (Å²) in [5.74, 6) is 1.67. The van der Waals surface area contributed by atoms with Crippen LogP contribution in [0.1, 0.15) is 18.9 Å². The molecule has 3 rings (SSSR count). The predicted octanol–water partition coefficient (Wildman–Crippen LogP) is 6.48. The van der Waals surface area contributed by atoms with Crippen molar-refractivity contribution in [2.45, 2.75) is 13.3 Å². The summed E-state index contributed by atoms with van der Waals surface area (Å²) in [6.45, 7) is 2.53. The van der Waals surface area contributed by atoms with Gasteiger partial charge in [0.15, 0.2) is 11.5 Å².